The zero-order valence-corrected chi connectivity index (χ0v) is 9.46. The molecule has 2 N–H and O–H groups in total. The van der Waals surface area contributed by atoms with Gasteiger partial charge in [-0.3, -0.25) is 0 Å². The molecular weight excluding hydrogens is 218 g/mol. The summed E-state index contributed by atoms with van der Waals surface area (Å²) in [6.45, 7) is 0.396. The second-order valence-corrected chi connectivity index (χ2v) is 3.38. The van der Waals surface area contributed by atoms with Crippen molar-refractivity contribution in [1.82, 2.24) is 9.97 Å². The first-order valence-electron chi connectivity index (χ1n) is 5.12. The van der Waals surface area contributed by atoms with Crippen molar-refractivity contribution >= 4 is 5.82 Å². The van der Waals surface area contributed by atoms with E-state index in [1.807, 2.05) is 24.3 Å². The lowest BCUT2D eigenvalue weighted by Gasteiger charge is -2.07. The Bertz CT molecular complexity index is 485. The van der Waals surface area contributed by atoms with Crippen LogP contribution in [0.25, 0.3) is 0 Å². The smallest absolute Gasteiger partial charge is 0.257 e. The van der Waals surface area contributed by atoms with Gasteiger partial charge in [-0.05, 0) is 17.7 Å². The van der Waals surface area contributed by atoms with Gasteiger partial charge in [0.25, 0.3) is 5.88 Å². The molecule has 0 radical (unpaired) electrons. The van der Waals surface area contributed by atoms with Crippen LogP contribution >= 0.6 is 0 Å². The summed E-state index contributed by atoms with van der Waals surface area (Å²) in [4.78, 5) is 7.88. The molecule has 0 aliphatic rings. The van der Waals surface area contributed by atoms with Gasteiger partial charge in [0.15, 0.2) is 5.82 Å². The molecule has 0 aliphatic heterocycles. The minimum absolute atomic E-state index is 0.293. The summed E-state index contributed by atoms with van der Waals surface area (Å²) in [6, 6.07) is 7.59. The van der Waals surface area contributed by atoms with E-state index in [1.165, 1.54) is 6.20 Å². The van der Waals surface area contributed by atoms with E-state index in [0.29, 0.717) is 18.3 Å². The fourth-order valence-corrected chi connectivity index (χ4v) is 1.32. The van der Waals surface area contributed by atoms with E-state index in [4.69, 9.17) is 15.2 Å². The molecule has 0 fully saturated rings. The maximum atomic E-state index is 5.61. The zero-order valence-electron chi connectivity index (χ0n) is 9.46. The molecule has 0 atom stereocenters. The average Bonchev–Trinajstić information content (AvgIpc) is 2.38. The largest absolute Gasteiger partial charge is 0.497 e. The highest BCUT2D eigenvalue weighted by molar-refractivity contribution is 5.39. The molecule has 0 spiro atoms. The van der Waals surface area contributed by atoms with Crippen molar-refractivity contribution in [2.75, 3.05) is 12.8 Å². The summed E-state index contributed by atoms with van der Waals surface area (Å²) in [7, 11) is 1.63. The van der Waals surface area contributed by atoms with Crippen LogP contribution in [-0.4, -0.2) is 17.1 Å². The number of rotatable bonds is 4. The second kappa shape index (κ2) is 5.16. The third-order valence-corrected chi connectivity index (χ3v) is 2.23. The van der Waals surface area contributed by atoms with Crippen LogP contribution in [-0.2, 0) is 6.61 Å². The van der Waals surface area contributed by atoms with Crippen LogP contribution in [0.3, 0.4) is 0 Å². The fraction of sp³-hybridized carbons (Fsp3) is 0.167. The first-order chi connectivity index (χ1) is 8.29. The van der Waals surface area contributed by atoms with Crippen molar-refractivity contribution in [1.29, 1.82) is 0 Å². The number of methoxy groups -OCH3 is 1. The minimum Gasteiger partial charge on any atom is -0.497 e. The molecule has 1 aromatic heterocycles. The van der Waals surface area contributed by atoms with Gasteiger partial charge < -0.3 is 15.2 Å². The molecule has 2 aromatic rings. The monoisotopic (exact) mass is 231 g/mol. The third kappa shape index (κ3) is 2.84. The topological polar surface area (TPSA) is 70.3 Å². The highest BCUT2D eigenvalue weighted by Crippen LogP contribution is 2.16. The molecular formula is C12H13N3O2. The van der Waals surface area contributed by atoms with Crippen LogP contribution < -0.4 is 15.2 Å². The quantitative estimate of drug-likeness (QED) is 0.866. The number of ether oxygens (including phenoxy) is 2. The maximum absolute atomic E-state index is 5.61. The molecule has 0 amide bonds. The van der Waals surface area contributed by atoms with E-state index < -0.39 is 0 Å². The van der Waals surface area contributed by atoms with Gasteiger partial charge in [-0.2, -0.15) is 0 Å². The Morgan fingerprint density at radius 2 is 1.82 bits per heavy atom. The highest BCUT2D eigenvalue weighted by Gasteiger charge is 2.02. The lowest BCUT2D eigenvalue weighted by molar-refractivity contribution is 0.294. The summed E-state index contributed by atoms with van der Waals surface area (Å²) >= 11 is 0. The van der Waals surface area contributed by atoms with Gasteiger partial charge >= 0.3 is 0 Å². The average molecular weight is 231 g/mol. The van der Waals surface area contributed by atoms with Crippen LogP contribution in [0, 0.1) is 0 Å². The molecule has 17 heavy (non-hydrogen) atoms. The van der Waals surface area contributed by atoms with Crippen molar-refractivity contribution in [2.24, 2.45) is 0 Å². The third-order valence-electron chi connectivity index (χ3n) is 2.23. The van der Waals surface area contributed by atoms with Gasteiger partial charge in [-0.15, -0.1) is 0 Å². The number of aromatic nitrogens is 2. The fourth-order valence-electron chi connectivity index (χ4n) is 1.32. The van der Waals surface area contributed by atoms with E-state index in [2.05, 4.69) is 9.97 Å². The minimum atomic E-state index is 0.293. The zero-order chi connectivity index (χ0) is 12.1. The van der Waals surface area contributed by atoms with Crippen molar-refractivity contribution in [3.63, 3.8) is 0 Å². The summed E-state index contributed by atoms with van der Waals surface area (Å²) in [5.74, 6) is 1.46. The van der Waals surface area contributed by atoms with Crippen molar-refractivity contribution in [3.05, 3.63) is 42.2 Å². The van der Waals surface area contributed by atoms with E-state index in [9.17, 15) is 0 Å². The highest BCUT2D eigenvalue weighted by atomic mass is 16.5. The van der Waals surface area contributed by atoms with Crippen LogP contribution in [0.2, 0.25) is 0 Å². The number of nitrogens with zero attached hydrogens (tertiary/aromatic N) is 2. The van der Waals surface area contributed by atoms with Crippen LogP contribution in [0.5, 0.6) is 11.6 Å². The van der Waals surface area contributed by atoms with Gasteiger partial charge in [-0.25, -0.2) is 9.97 Å². The normalized spacial score (nSPS) is 9.94. The Hall–Kier alpha value is -2.30. The Morgan fingerprint density at radius 3 is 2.47 bits per heavy atom. The van der Waals surface area contributed by atoms with Gasteiger partial charge in [0.1, 0.15) is 12.4 Å². The molecule has 5 nitrogen and oxygen atoms in total. The molecule has 0 saturated carbocycles. The number of nitrogens with two attached hydrogens (primary N) is 1. The maximum Gasteiger partial charge on any atom is 0.257 e. The molecule has 0 aliphatic carbocycles. The summed E-state index contributed by atoms with van der Waals surface area (Å²) < 4.78 is 10.5. The Kier molecular flexibility index (Phi) is 3.40. The first kappa shape index (κ1) is 11.2. The number of hydrogen-bond acceptors (Lipinski definition) is 5. The van der Waals surface area contributed by atoms with Crippen molar-refractivity contribution < 1.29 is 9.47 Å². The van der Waals surface area contributed by atoms with Crippen LogP contribution in [0.1, 0.15) is 5.56 Å². The van der Waals surface area contributed by atoms with Crippen molar-refractivity contribution in [3.8, 4) is 11.6 Å². The first-order valence-corrected chi connectivity index (χ1v) is 5.12. The van der Waals surface area contributed by atoms with E-state index in [0.717, 1.165) is 11.3 Å². The summed E-state index contributed by atoms with van der Waals surface area (Å²) in [6.07, 6.45) is 3.06. The predicted octanol–water partition coefficient (Wildman–Crippen LogP) is 1.65. The molecule has 5 heteroatoms. The van der Waals surface area contributed by atoms with Gasteiger partial charge in [-0.1, -0.05) is 12.1 Å². The van der Waals surface area contributed by atoms with Gasteiger partial charge in [0.05, 0.1) is 7.11 Å². The number of anilines is 1. The van der Waals surface area contributed by atoms with Gasteiger partial charge in [0.2, 0.25) is 0 Å². The van der Waals surface area contributed by atoms with E-state index in [-0.39, 0.29) is 0 Å². The lowest BCUT2D eigenvalue weighted by atomic mass is 10.2. The summed E-state index contributed by atoms with van der Waals surface area (Å²) in [5.41, 5.74) is 6.62. The predicted molar refractivity (Wildman–Crippen MR) is 63.8 cm³/mol. The summed E-state index contributed by atoms with van der Waals surface area (Å²) in [5, 5.41) is 0. The standard InChI is InChI=1S/C12H13N3O2/c1-16-10-4-2-9(3-5-10)8-17-12-11(13)14-6-7-15-12/h2-7H,8H2,1H3,(H2,13,14). The van der Waals surface area contributed by atoms with Crippen LogP contribution in [0.4, 0.5) is 5.82 Å². The molecule has 0 saturated heterocycles. The van der Waals surface area contributed by atoms with Crippen molar-refractivity contribution in [2.45, 2.75) is 6.61 Å². The van der Waals surface area contributed by atoms with E-state index in [1.54, 1.807) is 13.3 Å². The van der Waals surface area contributed by atoms with Crippen LogP contribution in [0.15, 0.2) is 36.7 Å². The second-order valence-electron chi connectivity index (χ2n) is 3.38. The molecule has 2 rings (SSSR count). The number of benzene rings is 1. The Labute approximate surface area is 99.2 Å². The molecule has 0 unspecified atom stereocenters. The SMILES string of the molecule is COc1ccc(COc2nccnc2N)cc1. The van der Waals surface area contributed by atoms with E-state index >= 15 is 0 Å². The van der Waals surface area contributed by atoms with Gasteiger partial charge in [0, 0.05) is 12.4 Å². The Morgan fingerprint density at radius 1 is 1.12 bits per heavy atom. The lowest BCUT2D eigenvalue weighted by Crippen LogP contribution is -2.02. The number of nitrogen functional groups attached to an aromatic ring is 1. The molecule has 1 aromatic carbocycles. The number of hydrogen-bond donors (Lipinski definition) is 1. The Balaban J connectivity index is 2.00. The molecule has 0 bridgehead atoms. The molecule has 88 valence electrons. The molecule has 1 heterocycles.